The minimum Gasteiger partial charge on any atom is -0.505 e. The van der Waals surface area contributed by atoms with Gasteiger partial charge in [0.2, 0.25) is 0 Å². The average molecular weight is 259 g/mol. The van der Waals surface area contributed by atoms with Gasteiger partial charge in [0.25, 0.3) is 0 Å². The van der Waals surface area contributed by atoms with Crippen molar-refractivity contribution >= 4 is 5.69 Å². The van der Waals surface area contributed by atoms with Crippen molar-refractivity contribution < 1.29 is 9.50 Å². The minimum absolute atomic E-state index is 0.326. The molecule has 0 heterocycles. The molecule has 100 valence electrons. The average Bonchev–Trinajstić information content (AvgIpc) is 2.32. The van der Waals surface area contributed by atoms with Crippen LogP contribution in [-0.4, -0.2) is 5.11 Å². The molecule has 2 nitrogen and oxygen atoms in total. The number of hydrogen-bond acceptors (Lipinski definition) is 2. The molecule has 0 amide bonds. The largest absolute Gasteiger partial charge is 0.505 e. The van der Waals surface area contributed by atoms with E-state index >= 15 is 0 Å². The number of phenolic OH excluding ortho intramolecular Hbond substituents is 1. The van der Waals surface area contributed by atoms with Crippen molar-refractivity contribution in [3.8, 4) is 5.75 Å². The topological polar surface area (TPSA) is 32.3 Å². The molecule has 0 saturated heterocycles. The second-order valence-electron chi connectivity index (χ2n) is 4.90. The molecule has 0 atom stereocenters. The summed E-state index contributed by atoms with van der Waals surface area (Å²) in [5.74, 6) is -0.935. The number of anilines is 1. The van der Waals surface area contributed by atoms with Crippen LogP contribution in [0.5, 0.6) is 5.75 Å². The van der Waals surface area contributed by atoms with Crippen LogP contribution < -0.4 is 5.32 Å². The van der Waals surface area contributed by atoms with Crippen LogP contribution in [0.4, 0.5) is 10.1 Å². The molecule has 0 bridgehead atoms. The van der Waals surface area contributed by atoms with Gasteiger partial charge in [-0.15, -0.1) is 0 Å². The Morgan fingerprint density at radius 1 is 1.05 bits per heavy atom. The van der Waals surface area contributed by atoms with Crippen LogP contribution in [0.2, 0.25) is 0 Å². The van der Waals surface area contributed by atoms with Crippen molar-refractivity contribution in [1.29, 1.82) is 0 Å². The fraction of sp³-hybridized carbons (Fsp3) is 0.250. The van der Waals surface area contributed by atoms with Gasteiger partial charge < -0.3 is 10.4 Å². The van der Waals surface area contributed by atoms with E-state index in [-0.39, 0.29) is 5.75 Å². The van der Waals surface area contributed by atoms with Gasteiger partial charge >= 0.3 is 0 Å². The second-order valence-corrected chi connectivity index (χ2v) is 4.90. The normalized spacial score (nSPS) is 10.5. The quantitative estimate of drug-likeness (QED) is 0.814. The summed E-state index contributed by atoms with van der Waals surface area (Å²) in [6.07, 6.45) is 0. The number of hydrogen-bond donors (Lipinski definition) is 2. The maximum Gasteiger partial charge on any atom is 0.166 e. The van der Waals surface area contributed by atoms with Crippen LogP contribution in [0.25, 0.3) is 0 Å². The summed E-state index contributed by atoms with van der Waals surface area (Å²) >= 11 is 0. The molecule has 2 N–H and O–H groups in total. The Kier molecular flexibility index (Phi) is 3.74. The molecule has 0 unspecified atom stereocenters. The predicted molar refractivity (Wildman–Crippen MR) is 76.0 cm³/mol. The first-order chi connectivity index (χ1) is 8.97. The molecule has 0 aliphatic rings. The maximum absolute atomic E-state index is 13.2. The molecular weight excluding hydrogens is 241 g/mol. The number of phenols is 1. The lowest BCUT2D eigenvalue weighted by molar-refractivity contribution is 0.432. The lowest BCUT2D eigenvalue weighted by Crippen LogP contribution is -2.04. The maximum atomic E-state index is 13.2. The van der Waals surface area contributed by atoms with Crippen molar-refractivity contribution in [2.45, 2.75) is 27.3 Å². The molecule has 0 aliphatic heterocycles. The van der Waals surface area contributed by atoms with E-state index in [0.29, 0.717) is 12.2 Å². The van der Waals surface area contributed by atoms with E-state index in [0.717, 1.165) is 0 Å². The van der Waals surface area contributed by atoms with Crippen LogP contribution in [0.1, 0.15) is 22.3 Å². The summed E-state index contributed by atoms with van der Waals surface area (Å²) in [7, 11) is 0. The Hall–Kier alpha value is -2.03. The lowest BCUT2D eigenvalue weighted by atomic mass is 10.00. The van der Waals surface area contributed by atoms with Gasteiger partial charge in [0.15, 0.2) is 11.6 Å². The van der Waals surface area contributed by atoms with E-state index in [2.05, 4.69) is 38.2 Å². The highest BCUT2D eigenvalue weighted by atomic mass is 19.1. The molecule has 2 rings (SSSR count). The highest BCUT2D eigenvalue weighted by Gasteiger charge is 2.05. The van der Waals surface area contributed by atoms with Crippen LogP contribution in [0, 0.1) is 26.6 Å². The molecule has 0 aromatic heterocycles. The van der Waals surface area contributed by atoms with Crippen LogP contribution in [-0.2, 0) is 6.54 Å². The van der Waals surface area contributed by atoms with Crippen molar-refractivity contribution in [3.05, 3.63) is 58.4 Å². The Morgan fingerprint density at radius 2 is 1.68 bits per heavy atom. The number of aromatic hydroxyl groups is 1. The van der Waals surface area contributed by atoms with Gasteiger partial charge in [-0.3, -0.25) is 0 Å². The summed E-state index contributed by atoms with van der Waals surface area (Å²) in [4.78, 5) is 0. The van der Waals surface area contributed by atoms with Crippen LogP contribution in [0.3, 0.4) is 0 Å². The van der Waals surface area contributed by atoms with E-state index in [1.165, 1.54) is 34.4 Å². The van der Waals surface area contributed by atoms with Gasteiger partial charge in [0.1, 0.15) is 0 Å². The van der Waals surface area contributed by atoms with E-state index in [9.17, 15) is 4.39 Å². The van der Waals surface area contributed by atoms with E-state index in [4.69, 9.17) is 5.11 Å². The SMILES string of the molecule is Cc1cc(C)c(CNc2ccc(O)c(F)c2)c(C)c1. The zero-order valence-electron chi connectivity index (χ0n) is 11.4. The lowest BCUT2D eigenvalue weighted by Gasteiger charge is -2.13. The third-order valence-corrected chi connectivity index (χ3v) is 3.26. The van der Waals surface area contributed by atoms with E-state index in [1.807, 2.05) is 0 Å². The second kappa shape index (κ2) is 5.31. The summed E-state index contributed by atoms with van der Waals surface area (Å²) in [6, 6.07) is 8.60. The molecule has 0 saturated carbocycles. The molecule has 19 heavy (non-hydrogen) atoms. The molecule has 3 heteroatoms. The third kappa shape index (κ3) is 3.05. The Bertz CT molecular complexity index is 585. The molecule has 2 aromatic rings. The molecular formula is C16H18FNO. The molecule has 0 fully saturated rings. The number of nitrogens with one attached hydrogen (secondary N) is 1. The Labute approximate surface area is 112 Å². The minimum atomic E-state index is -0.609. The zero-order chi connectivity index (χ0) is 14.0. The third-order valence-electron chi connectivity index (χ3n) is 3.26. The van der Waals surface area contributed by atoms with Gasteiger partial charge in [0.05, 0.1) is 0 Å². The fourth-order valence-electron chi connectivity index (χ4n) is 2.30. The molecule has 2 aromatic carbocycles. The molecule has 0 spiro atoms. The van der Waals surface area contributed by atoms with Crippen LogP contribution in [0.15, 0.2) is 30.3 Å². The summed E-state index contributed by atoms with van der Waals surface area (Å²) in [5.41, 5.74) is 5.58. The van der Waals surface area contributed by atoms with Crippen molar-refractivity contribution in [2.75, 3.05) is 5.32 Å². The fourth-order valence-corrected chi connectivity index (χ4v) is 2.30. The summed E-state index contributed by atoms with van der Waals surface area (Å²) in [6.45, 7) is 6.87. The Balaban J connectivity index is 2.16. The Morgan fingerprint density at radius 3 is 2.26 bits per heavy atom. The number of aryl methyl sites for hydroxylation is 3. The van der Waals surface area contributed by atoms with Crippen LogP contribution >= 0.6 is 0 Å². The zero-order valence-corrected chi connectivity index (χ0v) is 11.4. The monoisotopic (exact) mass is 259 g/mol. The van der Waals surface area contributed by atoms with Gasteiger partial charge in [-0.25, -0.2) is 4.39 Å². The first kappa shape index (κ1) is 13.4. The smallest absolute Gasteiger partial charge is 0.166 e. The van der Waals surface area contributed by atoms with Gasteiger partial charge in [-0.2, -0.15) is 0 Å². The first-order valence-corrected chi connectivity index (χ1v) is 6.26. The molecule has 0 aliphatic carbocycles. The van der Waals surface area contributed by atoms with E-state index in [1.54, 1.807) is 6.07 Å². The number of halogens is 1. The van der Waals surface area contributed by atoms with Crippen molar-refractivity contribution in [1.82, 2.24) is 0 Å². The highest BCUT2D eigenvalue weighted by molar-refractivity contribution is 5.48. The highest BCUT2D eigenvalue weighted by Crippen LogP contribution is 2.21. The van der Waals surface area contributed by atoms with Crippen molar-refractivity contribution in [3.63, 3.8) is 0 Å². The van der Waals surface area contributed by atoms with Gasteiger partial charge in [0, 0.05) is 18.3 Å². The predicted octanol–water partition coefficient (Wildman–Crippen LogP) is 4.07. The summed E-state index contributed by atoms with van der Waals surface area (Å²) < 4.78 is 13.2. The number of rotatable bonds is 3. The van der Waals surface area contributed by atoms with Gasteiger partial charge in [-0.05, 0) is 49.6 Å². The number of benzene rings is 2. The van der Waals surface area contributed by atoms with Gasteiger partial charge in [-0.1, -0.05) is 17.7 Å². The summed E-state index contributed by atoms with van der Waals surface area (Å²) in [5, 5.41) is 12.3. The molecule has 0 radical (unpaired) electrons. The van der Waals surface area contributed by atoms with Crippen molar-refractivity contribution in [2.24, 2.45) is 0 Å². The first-order valence-electron chi connectivity index (χ1n) is 6.26. The standard InChI is InChI=1S/C16H18FNO/c1-10-6-11(2)14(12(3)7-10)9-18-13-4-5-16(19)15(17)8-13/h4-8,18-19H,9H2,1-3H3. The van der Waals surface area contributed by atoms with E-state index < -0.39 is 5.82 Å².